The molecule has 18 heavy (non-hydrogen) atoms. The molecule has 3 heteroatoms. The fourth-order valence-electron chi connectivity index (χ4n) is 3.71. The summed E-state index contributed by atoms with van der Waals surface area (Å²) in [5.74, 6) is 0. The van der Waals surface area contributed by atoms with E-state index < -0.39 is 0 Å². The largest absolute Gasteiger partial charge is 0.326 e. The van der Waals surface area contributed by atoms with Crippen molar-refractivity contribution in [1.82, 2.24) is 9.88 Å². The van der Waals surface area contributed by atoms with Crippen molar-refractivity contribution in [3.05, 3.63) is 29.6 Å². The monoisotopic (exact) mass is 245 g/mol. The molecule has 2 aliphatic rings. The lowest BCUT2D eigenvalue weighted by molar-refractivity contribution is 0.253. The highest BCUT2D eigenvalue weighted by Crippen LogP contribution is 2.45. The van der Waals surface area contributed by atoms with E-state index in [2.05, 4.69) is 16.0 Å². The molecule has 2 N–H and O–H groups in total. The van der Waals surface area contributed by atoms with Gasteiger partial charge in [-0.3, -0.25) is 9.88 Å². The summed E-state index contributed by atoms with van der Waals surface area (Å²) in [6.07, 6.45) is 9.02. The number of pyridine rings is 1. The number of nitrogens with zero attached hydrogens (tertiary/aromatic N) is 2. The zero-order valence-corrected chi connectivity index (χ0v) is 11.1. The van der Waals surface area contributed by atoms with Crippen molar-refractivity contribution in [3.63, 3.8) is 0 Å². The predicted octanol–water partition coefficient (Wildman–Crippen LogP) is 2.31. The van der Waals surface area contributed by atoms with Crippen LogP contribution in [0.4, 0.5) is 0 Å². The van der Waals surface area contributed by atoms with E-state index >= 15 is 0 Å². The second-order valence-corrected chi connectivity index (χ2v) is 5.98. The average Bonchev–Trinajstić information content (AvgIpc) is 3.01. The summed E-state index contributed by atoms with van der Waals surface area (Å²) in [5.41, 5.74) is 8.81. The van der Waals surface area contributed by atoms with Crippen molar-refractivity contribution < 1.29 is 0 Å². The van der Waals surface area contributed by atoms with Crippen LogP contribution in [0.25, 0.3) is 0 Å². The van der Waals surface area contributed by atoms with Gasteiger partial charge in [-0.25, -0.2) is 0 Å². The van der Waals surface area contributed by atoms with Gasteiger partial charge in [0.15, 0.2) is 0 Å². The molecule has 3 rings (SSSR count). The van der Waals surface area contributed by atoms with Gasteiger partial charge in [0, 0.05) is 25.8 Å². The van der Waals surface area contributed by atoms with Crippen molar-refractivity contribution >= 4 is 0 Å². The molecule has 1 saturated heterocycles. The molecule has 98 valence electrons. The highest BCUT2D eigenvalue weighted by atomic mass is 15.2. The predicted molar refractivity (Wildman–Crippen MR) is 72.9 cm³/mol. The number of likely N-dealkylation sites (tertiary alicyclic amines) is 1. The van der Waals surface area contributed by atoms with Crippen molar-refractivity contribution in [3.8, 4) is 0 Å². The van der Waals surface area contributed by atoms with Crippen molar-refractivity contribution in [2.75, 3.05) is 13.1 Å². The van der Waals surface area contributed by atoms with Crippen LogP contribution in [-0.4, -0.2) is 23.0 Å². The van der Waals surface area contributed by atoms with E-state index in [9.17, 15) is 0 Å². The standard InChI is InChI=1S/C15H23N3/c16-10-13-4-3-8-17-14(13)11-18-9-7-15(12-18)5-1-2-6-15/h3-4,8H,1-2,5-7,9-12,16H2. The maximum absolute atomic E-state index is 5.78. The normalized spacial score (nSPS) is 22.9. The SMILES string of the molecule is NCc1cccnc1CN1CCC2(CCCC2)C1. The van der Waals surface area contributed by atoms with E-state index in [0.717, 1.165) is 6.54 Å². The lowest BCUT2D eigenvalue weighted by Crippen LogP contribution is -2.26. The van der Waals surface area contributed by atoms with Crippen molar-refractivity contribution in [1.29, 1.82) is 0 Å². The van der Waals surface area contributed by atoms with Crippen LogP contribution in [0.1, 0.15) is 43.4 Å². The first-order valence-corrected chi connectivity index (χ1v) is 7.17. The summed E-state index contributed by atoms with van der Waals surface area (Å²) in [6.45, 7) is 4.09. The van der Waals surface area contributed by atoms with Crippen LogP contribution in [0.2, 0.25) is 0 Å². The molecule has 1 aliphatic heterocycles. The molecule has 0 atom stereocenters. The number of aromatic nitrogens is 1. The summed E-state index contributed by atoms with van der Waals surface area (Å²) < 4.78 is 0. The van der Waals surface area contributed by atoms with Gasteiger partial charge < -0.3 is 5.73 Å². The van der Waals surface area contributed by atoms with E-state index in [-0.39, 0.29) is 0 Å². The Bertz CT molecular complexity index is 410. The Hall–Kier alpha value is -0.930. The van der Waals surface area contributed by atoms with E-state index in [1.807, 2.05) is 12.3 Å². The summed E-state index contributed by atoms with van der Waals surface area (Å²) in [5, 5.41) is 0. The van der Waals surface area contributed by atoms with Crippen molar-refractivity contribution in [2.45, 2.75) is 45.2 Å². The zero-order chi connectivity index (χ0) is 12.4. The van der Waals surface area contributed by atoms with E-state index in [1.54, 1.807) is 0 Å². The molecule has 1 aliphatic carbocycles. The molecule has 2 fully saturated rings. The molecule has 0 bridgehead atoms. The van der Waals surface area contributed by atoms with Crippen LogP contribution in [0.5, 0.6) is 0 Å². The first-order valence-electron chi connectivity index (χ1n) is 7.17. The van der Waals surface area contributed by atoms with Crippen LogP contribution in [-0.2, 0) is 13.1 Å². The molecular weight excluding hydrogens is 222 g/mol. The van der Waals surface area contributed by atoms with Gasteiger partial charge in [-0.05, 0) is 42.9 Å². The van der Waals surface area contributed by atoms with Crippen LogP contribution >= 0.6 is 0 Å². The molecule has 1 saturated carbocycles. The molecule has 0 unspecified atom stereocenters. The summed E-state index contributed by atoms with van der Waals surface area (Å²) in [4.78, 5) is 7.08. The Labute approximate surface area is 109 Å². The summed E-state index contributed by atoms with van der Waals surface area (Å²) in [7, 11) is 0. The molecule has 3 nitrogen and oxygen atoms in total. The summed E-state index contributed by atoms with van der Waals surface area (Å²) >= 11 is 0. The van der Waals surface area contributed by atoms with Gasteiger partial charge in [-0.1, -0.05) is 18.9 Å². The van der Waals surface area contributed by atoms with Gasteiger partial charge in [-0.2, -0.15) is 0 Å². The highest BCUT2D eigenvalue weighted by molar-refractivity contribution is 5.19. The van der Waals surface area contributed by atoms with Gasteiger partial charge >= 0.3 is 0 Å². The quantitative estimate of drug-likeness (QED) is 0.888. The molecule has 2 heterocycles. The maximum atomic E-state index is 5.78. The number of nitrogens with two attached hydrogens (primary N) is 1. The second kappa shape index (κ2) is 4.98. The van der Waals surface area contributed by atoms with Gasteiger partial charge in [0.2, 0.25) is 0 Å². The minimum atomic E-state index is 0.599. The Morgan fingerprint density at radius 2 is 2.11 bits per heavy atom. The third kappa shape index (κ3) is 2.29. The zero-order valence-electron chi connectivity index (χ0n) is 11.1. The molecule has 0 amide bonds. The van der Waals surface area contributed by atoms with E-state index in [0.29, 0.717) is 12.0 Å². The fraction of sp³-hybridized carbons (Fsp3) is 0.667. The number of hydrogen-bond acceptors (Lipinski definition) is 3. The van der Waals surface area contributed by atoms with Gasteiger partial charge in [0.25, 0.3) is 0 Å². The number of hydrogen-bond donors (Lipinski definition) is 1. The summed E-state index contributed by atoms with van der Waals surface area (Å²) in [6, 6.07) is 4.08. The van der Waals surface area contributed by atoms with Crippen LogP contribution in [0.3, 0.4) is 0 Å². The van der Waals surface area contributed by atoms with E-state index in [4.69, 9.17) is 5.73 Å². The minimum Gasteiger partial charge on any atom is -0.326 e. The van der Waals surface area contributed by atoms with Crippen LogP contribution in [0, 0.1) is 5.41 Å². The third-order valence-corrected chi connectivity index (χ3v) is 4.76. The Morgan fingerprint density at radius 3 is 2.89 bits per heavy atom. The molecule has 1 aromatic heterocycles. The van der Waals surface area contributed by atoms with E-state index in [1.165, 1.54) is 56.5 Å². The Kier molecular flexibility index (Phi) is 3.35. The van der Waals surface area contributed by atoms with Crippen LogP contribution < -0.4 is 5.73 Å². The molecular formula is C15H23N3. The fourth-order valence-corrected chi connectivity index (χ4v) is 3.71. The Balaban J connectivity index is 1.67. The highest BCUT2D eigenvalue weighted by Gasteiger charge is 2.40. The second-order valence-electron chi connectivity index (χ2n) is 5.98. The van der Waals surface area contributed by atoms with Gasteiger partial charge in [0.1, 0.15) is 0 Å². The van der Waals surface area contributed by atoms with Crippen LogP contribution in [0.15, 0.2) is 18.3 Å². The maximum Gasteiger partial charge on any atom is 0.0588 e. The third-order valence-electron chi connectivity index (χ3n) is 4.76. The first kappa shape index (κ1) is 12.1. The lowest BCUT2D eigenvalue weighted by Gasteiger charge is -2.23. The van der Waals surface area contributed by atoms with Gasteiger partial charge in [-0.15, -0.1) is 0 Å². The topological polar surface area (TPSA) is 42.1 Å². The molecule has 0 radical (unpaired) electrons. The van der Waals surface area contributed by atoms with Crippen molar-refractivity contribution in [2.24, 2.45) is 11.1 Å². The van der Waals surface area contributed by atoms with Gasteiger partial charge in [0.05, 0.1) is 5.69 Å². The molecule has 1 spiro atoms. The lowest BCUT2D eigenvalue weighted by atomic mass is 9.86. The Morgan fingerprint density at radius 1 is 1.28 bits per heavy atom. The average molecular weight is 245 g/mol. The minimum absolute atomic E-state index is 0.599. The molecule has 0 aromatic carbocycles. The first-order chi connectivity index (χ1) is 8.81. The number of rotatable bonds is 3. The molecule has 1 aromatic rings. The smallest absolute Gasteiger partial charge is 0.0588 e.